The number of halogens is 1. The van der Waals surface area contributed by atoms with E-state index >= 15 is 0 Å². The summed E-state index contributed by atoms with van der Waals surface area (Å²) >= 11 is 5.81. The lowest BCUT2D eigenvalue weighted by molar-refractivity contribution is -0.122. The van der Waals surface area contributed by atoms with Crippen molar-refractivity contribution in [3.05, 3.63) is 23.2 Å². The molecule has 0 spiro atoms. The number of carbonyl (C=O) groups is 2. The van der Waals surface area contributed by atoms with Crippen LogP contribution in [-0.2, 0) is 9.59 Å². The van der Waals surface area contributed by atoms with Crippen LogP contribution >= 0.6 is 11.6 Å². The predicted octanol–water partition coefficient (Wildman–Crippen LogP) is 1.32. The Morgan fingerprint density at radius 2 is 1.95 bits per heavy atom. The van der Waals surface area contributed by atoms with Gasteiger partial charge in [0.15, 0.2) is 0 Å². The Balaban J connectivity index is 2.42. The number of hydrogen-bond acceptors (Lipinski definition) is 4. The average Bonchev–Trinajstić information content (AvgIpc) is 2.40. The highest BCUT2D eigenvalue weighted by molar-refractivity contribution is 6.33. The smallest absolute Gasteiger partial charge is 0.238 e. The molecule has 7 heteroatoms. The lowest BCUT2D eigenvalue weighted by Crippen LogP contribution is -2.39. The normalized spacial score (nSPS) is 10.5. The molecule has 0 aromatic heterocycles. The molecule has 1 rings (SSSR count). The molecule has 1 aromatic carbocycles. The van der Waals surface area contributed by atoms with Gasteiger partial charge in [-0.1, -0.05) is 18.5 Å². The Kier molecular flexibility index (Phi) is 6.98. The number of amides is 2. The molecular weight excluding hydrogens is 292 g/mol. The molecular formula is C14H21ClN4O2. The van der Waals surface area contributed by atoms with Crippen LogP contribution in [0, 0.1) is 0 Å². The summed E-state index contributed by atoms with van der Waals surface area (Å²) < 4.78 is 0. The summed E-state index contributed by atoms with van der Waals surface area (Å²) in [6, 6.07) is 4.88. The number of nitrogens with one attached hydrogen (secondary N) is 2. The Bertz CT molecular complexity index is 508. The second-order valence-corrected chi connectivity index (χ2v) is 5.21. The van der Waals surface area contributed by atoms with Crippen LogP contribution < -0.4 is 16.4 Å². The molecule has 0 aliphatic carbocycles. The zero-order valence-corrected chi connectivity index (χ0v) is 13.0. The van der Waals surface area contributed by atoms with Crippen molar-refractivity contribution in [2.24, 2.45) is 0 Å². The first-order valence-corrected chi connectivity index (χ1v) is 7.10. The molecule has 4 N–H and O–H groups in total. The number of anilines is 2. The van der Waals surface area contributed by atoms with Gasteiger partial charge in [0, 0.05) is 12.2 Å². The summed E-state index contributed by atoms with van der Waals surface area (Å²) in [6.45, 7) is 2.91. The van der Waals surface area contributed by atoms with Gasteiger partial charge in [-0.2, -0.15) is 0 Å². The maximum atomic E-state index is 11.9. The molecule has 0 saturated carbocycles. The number of nitrogens with zero attached hydrogens (tertiary/aromatic N) is 1. The first-order valence-electron chi connectivity index (χ1n) is 6.72. The second kappa shape index (κ2) is 8.49. The zero-order valence-electron chi connectivity index (χ0n) is 12.3. The number of nitrogen functional groups attached to an aromatic ring is 1. The van der Waals surface area contributed by atoms with Crippen molar-refractivity contribution < 1.29 is 9.59 Å². The van der Waals surface area contributed by atoms with Crippen molar-refractivity contribution in [3.63, 3.8) is 0 Å². The Morgan fingerprint density at radius 1 is 1.29 bits per heavy atom. The second-order valence-electron chi connectivity index (χ2n) is 4.81. The zero-order chi connectivity index (χ0) is 15.8. The molecule has 0 fully saturated rings. The van der Waals surface area contributed by atoms with E-state index in [-0.39, 0.29) is 24.9 Å². The van der Waals surface area contributed by atoms with Gasteiger partial charge in [-0.25, -0.2) is 0 Å². The van der Waals surface area contributed by atoms with Crippen LogP contribution in [0.5, 0.6) is 0 Å². The standard InChI is InChI=1S/C14H21ClN4O2/c1-3-6-17-13(20)8-19(2)9-14(21)18-10-4-5-11(15)12(16)7-10/h4-5,7H,3,6,8-9,16H2,1-2H3,(H,17,20)(H,18,21). The minimum atomic E-state index is -0.220. The number of benzene rings is 1. The van der Waals surface area contributed by atoms with Crippen LogP contribution in [-0.4, -0.2) is 43.4 Å². The summed E-state index contributed by atoms with van der Waals surface area (Å²) in [7, 11) is 1.71. The van der Waals surface area contributed by atoms with E-state index in [2.05, 4.69) is 10.6 Å². The Labute approximate surface area is 129 Å². The average molecular weight is 313 g/mol. The number of likely N-dealkylation sites (N-methyl/N-ethyl adjacent to an activating group) is 1. The highest BCUT2D eigenvalue weighted by Gasteiger charge is 2.11. The van der Waals surface area contributed by atoms with Gasteiger partial charge >= 0.3 is 0 Å². The summed E-state index contributed by atoms with van der Waals surface area (Å²) in [4.78, 5) is 25.0. The van der Waals surface area contributed by atoms with Gasteiger partial charge in [0.1, 0.15) is 0 Å². The largest absolute Gasteiger partial charge is 0.397 e. The minimum Gasteiger partial charge on any atom is -0.397 e. The number of hydrogen-bond donors (Lipinski definition) is 3. The minimum absolute atomic E-state index is 0.0945. The number of nitrogens with two attached hydrogens (primary N) is 1. The van der Waals surface area contributed by atoms with E-state index in [9.17, 15) is 9.59 Å². The topological polar surface area (TPSA) is 87.5 Å². The molecule has 0 bridgehead atoms. The van der Waals surface area contributed by atoms with E-state index < -0.39 is 0 Å². The third-order valence-electron chi connectivity index (χ3n) is 2.68. The predicted molar refractivity (Wildman–Crippen MR) is 85.3 cm³/mol. The first kappa shape index (κ1) is 17.3. The SMILES string of the molecule is CCCNC(=O)CN(C)CC(=O)Nc1ccc(Cl)c(N)c1. The van der Waals surface area contributed by atoms with E-state index in [0.29, 0.717) is 22.9 Å². The fourth-order valence-electron chi connectivity index (χ4n) is 1.69. The molecule has 6 nitrogen and oxygen atoms in total. The summed E-state index contributed by atoms with van der Waals surface area (Å²) in [5.41, 5.74) is 6.64. The van der Waals surface area contributed by atoms with Gasteiger partial charge in [-0.05, 0) is 31.7 Å². The van der Waals surface area contributed by atoms with Gasteiger partial charge in [0.05, 0.1) is 23.8 Å². The van der Waals surface area contributed by atoms with Crippen molar-refractivity contribution >= 4 is 34.8 Å². The van der Waals surface area contributed by atoms with Crippen molar-refractivity contribution in [1.82, 2.24) is 10.2 Å². The molecule has 0 saturated heterocycles. The lowest BCUT2D eigenvalue weighted by Gasteiger charge is -2.16. The van der Waals surface area contributed by atoms with Crippen LogP contribution in [0.3, 0.4) is 0 Å². The van der Waals surface area contributed by atoms with Crippen molar-refractivity contribution in [2.75, 3.05) is 37.7 Å². The molecule has 0 aliphatic heterocycles. The van der Waals surface area contributed by atoms with Crippen LogP contribution in [0.15, 0.2) is 18.2 Å². The van der Waals surface area contributed by atoms with E-state index in [4.69, 9.17) is 17.3 Å². The first-order chi connectivity index (χ1) is 9.92. The highest BCUT2D eigenvalue weighted by atomic mass is 35.5. The maximum absolute atomic E-state index is 11.9. The molecule has 116 valence electrons. The quantitative estimate of drug-likeness (QED) is 0.663. The third-order valence-corrected chi connectivity index (χ3v) is 3.02. The Morgan fingerprint density at radius 3 is 2.57 bits per heavy atom. The molecule has 2 amide bonds. The van der Waals surface area contributed by atoms with Gasteiger partial charge in [0.2, 0.25) is 11.8 Å². The molecule has 0 unspecified atom stereocenters. The van der Waals surface area contributed by atoms with Gasteiger partial charge in [-0.15, -0.1) is 0 Å². The van der Waals surface area contributed by atoms with Crippen LogP contribution in [0.2, 0.25) is 5.02 Å². The van der Waals surface area contributed by atoms with Crippen molar-refractivity contribution in [1.29, 1.82) is 0 Å². The Hall–Kier alpha value is -1.79. The van der Waals surface area contributed by atoms with E-state index in [1.54, 1.807) is 30.1 Å². The highest BCUT2D eigenvalue weighted by Crippen LogP contribution is 2.22. The number of carbonyl (C=O) groups excluding carboxylic acids is 2. The van der Waals surface area contributed by atoms with Gasteiger partial charge < -0.3 is 16.4 Å². The summed E-state index contributed by atoms with van der Waals surface area (Å²) in [5, 5.41) is 5.91. The van der Waals surface area contributed by atoms with Crippen LogP contribution in [0.4, 0.5) is 11.4 Å². The fourth-order valence-corrected chi connectivity index (χ4v) is 1.81. The molecule has 0 heterocycles. The van der Waals surface area contributed by atoms with E-state index in [1.165, 1.54) is 0 Å². The third kappa shape index (κ3) is 6.46. The van der Waals surface area contributed by atoms with Crippen molar-refractivity contribution in [2.45, 2.75) is 13.3 Å². The molecule has 0 radical (unpaired) electrons. The molecule has 21 heavy (non-hydrogen) atoms. The van der Waals surface area contributed by atoms with Gasteiger partial charge in [-0.3, -0.25) is 14.5 Å². The van der Waals surface area contributed by atoms with Crippen molar-refractivity contribution in [3.8, 4) is 0 Å². The maximum Gasteiger partial charge on any atom is 0.238 e. The summed E-state index contributed by atoms with van der Waals surface area (Å²) in [6.07, 6.45) is 0.883. The monoisotopic (exact) mass is 312 g/mol. The summed E-state index contributed by atoms with van der Waals surface area (Å²) in [5.74, 6) is -0.314. The lowest BCUT2D eigenvalue weighted by atomic mass is 10.3. The molecule has 1 aromatic rings. The van der Waals surface area contributed by atoms with E-state index in [1.807, 2.05) is 6.92 Å². The molecule has 0 aliphatic rings. The molecule has 0 atom stereocenters. The number of rotatable bonds is 7. The van der Waals surface area contributed by atoms with Crippen LogP contribution in [0.25, 0.3) is 0 Å². The van der Waals surface area contributed by atoms with E-state index in [0.717, 1.165) is 6.42 Å². The van der Waals surface area contributed by atoms with Gasteiger partial charge in [0.25, 0.3) is 0 Å². The van der Waals surface area contributed by atoms with Crippen LogP contribution in [0.1, 0.15) is 13.3 Å². The fraction of sp³-hybridized carbons (Fsp3) is 0.429.